The van der Waals surface area contributed by atoms with Crippen LogP contribution in [0.4, 0.5) is 0 Å². The zero-order chi connectivity index (χ0) is 13.7. The van der Waals surface area contributed by atoms with Gasteiger partial charge in [-0.05, 0) is 19.0 Å². The Morgan fingerprint density at radius 2 is 2.21 bits per heavy atom. The molecule has 1 N–H and O–H groups in total. The zero-order valence-corrected chi connectivity index (χ0v) is 11.5. The first-order valence-electron chi connectivity index (χ1n) is 6.95. The number of aliphatic hydroxyl groups is 1. The molecule has 0 unspecified atom stereocenters. The molecule has 1 aliphatic heterocycles. The second kappa shape index (κ2) is 6.73. The molecule has 5 heteroatoms. The summed E-state index contributed by atoms with van der Waals surface area (Å²) in [6.45, 7) is 6.11. The normalized spacial score (nSPS) is 17.5. The third-order valence-corrected chi connectivity index (χ3v) is 3.59. The minimum atomic E-state index is 0.0662. The zero-order valence-electron chi connectivity index (χ0n) is 11.5. The van der Waals surface area contributed by atoms with Crippen molar-refractivity contribution in [3.05, 3.63) is 23.7 Å². The molecule has 0 atom stereocenters. The summed E-state index contributed by atoms with van der Waals surface area (Å²) in [4.78, 5) is 16.5. The Hall–Kier alpha value is -1.33. The van der Waals surface area contributed by atoms with Gasteiger partial charge in [0.2, 0.25) is 0 Å². The lowest BCUT2D eigenvalue weighted by atomic mass is 10.2. The van der Waals surface area contributed by atoms with Gasteiger partial charge >= 0.3 is 0 Å². The minimum Gasteiger partial charge on any atom is -0.469 e. The van der Waals surface area contributed by atoms with Gasteiger partial charge in [-0.15, -0.1) is 0 Å². The molecule has 2 rings (SSSR count). The Balaban J connectivity index is 2.00. The standard InChI is InChI=1S/C14H22N2O3/c1-2-13-12(4-11-19-13)14(18)16-6-3-5-15(7-8-16)9-10-17/h4,11,17H,2-3,5-10H2,1H3. The van der Waals surface area contributed by atoms with Crippen LogP contribution in [-0.2, 0) is 6.42 Å². The fraction of sp³-hybridized carbons (Fsp3) is 0.643. The van der Waals surface area contributed by atoms with Gasteiger partial charge < -0.3 is 14.4 Å². The van der Waals surface area contributed by atoms with Crippen LogP contribution in [0.15, 0.2) is 16.7 Å². The van der Waals surface area contributed by atoms with Crippen LogP contribution in [0, 0.1) is 0 Å². The van der Waals surface area contributed by atoms with E-state index in [2.05, 4.69) is 4.90 Å². The molecule has 1 aliphatic rings. The molecule has 1 aromatic heterocycles. The summed E-state index contributed by atoms with van der Waals surface area (Å²) in [6.07, 6.45) is 3.27. The lowest BCUT2D eigenvalue weighted by Crippen LogP contribution is -2.36. The lowest BCUT2D eigenvalue weighted by Gasteiger charge is -2.21. The van der Waals surface area contributed by atoms with Gasteiger partial charge in [0.25, 0.3) is 5.91 Å². The van der Waals surface area contributed by atoms with E-state index in [0.29, 0.717) is 18.7 Å². The fourth-order valence-electron chi connectivity index (χ4n) is 2.51. The molecule has 1 aromatic rings. The molecule has 2 heterocycles. The highest BCUT2D eigenvalue weighted by Gasteiger charge is 2.22. The SMILES string of the molecule is CCc1occc1C(=O)N1CCCN(CCO)CC1. The Bertz CT molecular complexity index is 417. The largest absolute Gasteiger partial charge is 0.469 e. The smallest absolute Gasteiger partial charge is 0.257 e. The quantitative estimate of drug-likeness (QED) is 0.882. The van der Waals surface area contributed by atoms with Crippen LogP contribution in [-0.4, -0.2) is 60.1 Å². The van der Waals surface area contributed by atoms with Gasteiger partial charge in [0.1, 0.15) is 5.76 Å². The highest BCUT2D eigenvalue weighted by molar-refractivity contribution is 5.95. The van der Waals surface area contributed by atoms with Crippen molar-refractivity contribution in [2.45, 2.75) is 19.8 Å². The third-order valence-electron chi connectivity index (χ3n) is 3.59. The number of furan rings is 1. The average Bonchev–Trinajstić information content (AvgIpc) is 2.78. The van der Waals surface area contributed by atoms with Crippen LogP contribution >= 0.6 is 0 Å². The van der Waals surface area contributed by atoms with Gasteiger partial charge in [-0.2, -0.15) is 0 Å². The molecule has 0 aliphatic carbocycles. The number of hydrogen-bond acceptors (Lipinski definition) is 4. The molecule has 0 bridgehead atoms. The molecule has 106 valence electrons. The van der Waals surface area contributed by atoms with Crippen molar-refractivity contribution in [1.82, 2.24) is 9.80 Å². The van der Waals surface area contributed by atoms with Crippen LogP contribution in [0.3, 0.4) is 0 Å². The van der Waals surface area contributed by atoms with E-state index in [1.54, 1.807) is 12.3 Å². The molecule has 1 fully saturated rings. The van der Waals surface area contributed by atoms with Crippen molar-refractivity contribution in [2.75, 3.05) is 39.3 Å². The van der Waals surface area contributed by atoms with E-state index in [1.165, 1.54) is 0 Å². The van der Waals surface area contributed by atoms with E-state index in [-0.39, 0.29) is 12.5 Å². The van der Waals surface area contributed by atoms with Gasteiger partial charge in [0, 0.05) is 32.6 Å². The Kier molecular flexibility index (Phi) is 4.99. The first-order chi connectivity index (χ1) is 9.26. The van der Waals surface area contributed by atoms with Crippen LogP contribution < -0.4 is 0 Å². The first kappa shape index (κ1) is 14.1. The minimum absolute atomic E-state index is 0.0662. The van der Waals surface area contributed by atoms with E-state index in [0.717, 1.165) is 38.2 Å². The summed E-state index contributed by atoms with van der Waals surface area (Å²) < 4.78 is 5.33. The molecule has 0 radical (unpaired) electrons. The Morgan fingerprint density at radius 1 is 1.37 bits per heavy atom. The maximum absolute atomic E-state index is 12.5. The Morgan fingerprint density at radius 3 is 2.95 bits per heavy atom. The monoisotopic (exact) mass is 266 g/mol. The van der Waals surface area contributed by atoms with Crippen LogP contribution in [0.5, 0.6) is 0 Å². The van der Waals surface area contributed by atoms with Crippen LogP contribution in [0.25, 0.3) is 0 Å². The van der Waals surface area contributed by atoms with Gasteiger partial charge in [-0.1, -0.05) is 6.92 Å². The predicted molar refractivity (Wildman–Crippen MR) is 72.1 cm³/mol. The van der Waals surface area contributed by atoms with E-state index >= 15 is 0 Å². The maximum Gasteiger partial charge on any atom is 0.257 e. The molecule has 19 heavy (non-hydrogen) atoms. The van der Waals surface area contributed by atoms with Crippen molar-refractivity contribution < 1.29 is 14.3 Å². The van der Waals surface area contributed by atoms with Gasteiger partial charge in [-0.25, -0.2) is 0 Å². The Labute approximate surface area is 113 Å². The van der Waals surface area contributed by atoms with Gasteiger partial charge in [0.05, 0.1) is 18.4 Å². The number of β-amino-alcohol motifs (C(OH)–C–C–N with tert-alkyl or cyclic N) is 1. The molecule has 0 saturated carbocycles. The molecule has 1 saturated heterocycles. The number of carbonyl (C=O) groups is 1. The summed E-state index contributed by atoms with van der Waals surface area (Å²) in [5, 5.41) is 8.97. The van der Waals surface area contributed by atoms with Gasteiger partial charge in [0.15, 0.2) is 0 Å². The van der Waals surface area contributed by atoms with Gasteiger partial charge in [-0.3, -0.25) is 9.69 Å². The lowest BCUT2D eigenvalue weighted by molar-refractivity contribution is 0.0758. The van der Waals surface area contributed by atoms with E-state index in [9.17, 15) is 4.79 Å². The van der Waals surface area contributed by atoms with Crippen molar-refractivity contribution >= 4 is 5.91 Å². The highest BCUT2D eigenvalue weighted by Crippen LogP contribution is 2.15. The number of nitrogens with zero attached hydrogens (tertiary/aromatic N) is 2. The summed E-state index contributed by atoms with van der Waals surface area (Å²) >= 11 is 0. The van der Waals surface area contributed by atoms with E-state index in [1.807, 2.05) is 11.8 Å². The molecule has 1 amide bonds. The molecule has 0 aromatic carbocycles. The summed E-state index contributed by atoms with van der Waals surface area (Å²) in [5.74, 6) is 0.831. The predicted octanol–water partition coefficient (Wildman–Crippen LogP) is 0.982. The molecule has 0 spiro atoms. The van der Waals surface area contributed by atoms with Crippen LogP contribution in [0.1, 0.15) is 29.5 Å². The topological polar surface area (TPSA) is 56.9 Å². The third kappa shape index (κ3) is 3.36. The number of aliphatic hydroxyl groups excluding tert-OH is 1. The average molecular weight is 266 g/mol. The second-order valence-electron chi connectivity index (χ2n) is 4.82. The maximum atomic E-state index is 12.5. The summed E-state index contributed by atoms with van der Waals surface area (Å²) in [6, 6.07) is 1.76. The summed E-state index contributed by atoms with van der Waals surface area (Å²) in [5.41, 5.74) is 0.693. The van der Waals surface area contributed by atoms with Crippen LogP contribution in [0.2, 0.25) is 0 Å². The van der Waals surface area contributed by atoms with Crippen molar-refractivity contribution in [3.63, 3.8) is 0 Å². The highest BCUT2D eigenvalue weighted by atomic mass is 16.3. The molecular formula is C14H22N2O3. The number of rotatable bonds is 4. The number of amides is 1. The first-order valence-corrected chi connectivity index (χ1v) is 6.95. The fourth-order valence-corrected chi connectivity index (χ4v) is 2.51. The number of aryl methyl sites for hydroxylation is 1. The van der Waals surface area contributed by atoms with E-state index < -0.39 is 0 Å². The number of hydrogen-bond donors (Lipinski definition) is 1. The molecule has 5 nitrogen and oxygen atoms in total. The van der Waals surface area contributed by atoms with Crippen molar-refractivity contribution in [3.8, 4) is 0 Å². The van der Waals surface area contributed by atoms with Crippen molar-refractivity contribution in [2.24, 2.45) is 0 Å². The number of carbonyl (C=O) groups excluding carboxylic acids is 1. The summed E-state index contributed by atoms with van der Waals surface area (Å²) in [7, 11) is 0. The molecular weight excluding hydrogens is 244 g/mol. The van der Waals surface area contributed by atoms with E-state index in [4.69, 9.17) is 9.52 Å². The second-order valence-corrected chi connectivity index (χ2v) is 4.82. The van der Waals surface area contributed by atoms with Crippen molar-refractivity contribution in [1.29, 1.82) is 0 Å².